The number of carbonyl (C=O) groups is 1. The number of aromatic nitrogens is 2. The molecule has 162 valence electrons. The molecule has 1 N–H and O–H groups in total. The van der Waals surface area contributed by atoms with E-state index >= 15 is 0 Å². The van der Waals surface area contributed by atoms with Gasteiger partial charge in [0.1, 0.15) is 0 Å². The number of piperazine rings is 1. The first kappa shape index (κ1) is 19.8. The third kappa shape index (κ3) is 3.59. The summed E-state index contributed by atoms with van der Waals surface area (Å²) in [5, 5.41) is 0. The molecule has 2 aromatic heterocycles. The monoisotopic (exact) mass is 443 g/mol. The van der Waals surface area contributed by atoms with Gasteiger partial charge in [0.05, 0.1) is 16.3 Å². The van der Waals surface area contributed by atoms with Crippen LogP contribution in [0.1, 0.15) is 0 Å². The SMILES string of the molecule is O=C(C1CN(S(=O)(=O)c2ccc3[nH]c(=O)oc3c2)C1)N1CCN(c2ccncc2)CC1. The average Bonchev–Trinajstić information content (AvgIpc) is 3.12. The first-order valence-corrected chi connectivity index (χ1v) is 11.4. The second-order valence-corrected chi connectivity index (χ2v) is 9.65. The fourth-order valence-electron chi connectivity index (χ4n) is 4.02. The molecular weight excluding hydrogens is 422 g/mol. The fourth-order valence-corrected chi connectivity index (χ4v) is 5.57. The third-order valence-corrected chi connectivity index (χ3v) is 7.67. The molecule has 3 aromatic rings. The number of nitrogens with zero attached hydrogens (tertiary/aromatic N) is 4. The summed E-state index contributed by atoms with van der Waals surface area (Å²) in [6.45, 7) is 2.97. The van der Waals surface area contributed by atoms with Gasteiger partial charge in [-0.1, -0.05) is 0 Å². The van der Waals surface area contributed by atoms with Crippen molar-refractivity contribution in [1.29, 1.82) is 0 Å². The minimum absolute atomic E-state index is 0.00656. The predicted molar refractivity (Wildman–Crippen MR) is 112 cm³/mol. The van der Waals surface area contributed by atoms with Crippen molar-refractivity contribution < 1.29 is 17.6 Å². The average molecular weight is 443 g/mol. The fraction of sp³-hybridized carbons (Fsp3) is 0.350. The first-order chi connectivity index (χ1) is 14.9. The van der Waals surface area contributed by atoms with Gasteiger partial charge >= 0.3 is 5.76 Å². The molecule has 0 aliphatic carbocycles. The van der Waals surface area contributed by atoms with Crippen LogP contribution >= 0.6 is 0 Å². The van der Waals surface area contributed by atoms with E-state index < -0.39 is 15.8 Å². The zero-order valence-electron chi connectivity index (χ0n) is 16.6. The van der Waals surface area contributed by atoms with Gasteiger partial charge in [-0.3, -0.25) is 14.8 Å². The van der Waals surface area contributed by atoms with Crippen LogP contribution in [0.25, 0.3) is 11.1 Å². The van der Waals surface area contributed by atoms with Crippen LogP contribution in [0.15, 0.2) is 56.8 Å². The number of benzene rings is 1. The van der Waals surface area contributed by atoms with Gasteiger partial charge in [0, 0.05) is 63.4 Å². The molecule has 11 heteroatoms. The number of amides is 1. The molecule has 5 rings (SSSR count). The standard InChI is InChI=1S/C20H21N5O5S/c26-19(24-9-7-23(8-10-24)15-3-5-21-6-4-15)14-12-25(13-14)31(28,29)16-1-2-17-18(11-16)30-20(27)22-17/h1-6,11,14H,7-10,12-13H2,(H,22,27). The molecule has 10 nitrogen and oxygen atoms in total. The van der Waals surface area contributed by atoms with Crippen LogP contribution in [0.4, 0.5) is 5.69 Å². The molecule has 2 aliphatic rings. The highest BCUT2D eigenvalue weighted by Gasteiger charge is 2.42. The minimum atomic E-state index is -3.75. The highest BCUT2D eigenvalue weighted by atomic mass is 32.2. The van der Waals surface area contributed by atoms with E-state index in [1.165, 1.54) is 22.5 Å². The number of H-pyrrole nitrogens is 1. The summed E-state index contributed by atoms with van der Waals surface area (Å²) in [5.41, 5.74) is 1.70. The number of nitrogens with one attached hydrogen (secondary N) is 1. The van der Waals surface area contributed by atoms with Crippen molar-refractivity contribution in [3.8, 4) is 0 Å². The van der Waals surface area contributed by atoms with Crippen molar-refractivity contribution in [2.45, 2.75) is 4.90 Å². The Labute approximate surface area is 178 Å². The Balaban J connectivity index is 1.20. The first-order valence-electron chi connectivity index (χ1n) is 9.98. The Bertz CT molecular complexity index is 1270. The molecular formula is C20H21N5O5S. The van der Waals surface area contributed by atoms with Crippen LogP contribution < -0.4 is 10.7 Å². The number of aromatic amines is 1. The summed E-state index contributed by atoms with van der Waals surface area (Å²) in [7, 11) is -3.75. The number of carbonyl (C=O) groups excluding carboxylic acids is 1. The Morgan fingerprint density at radius 3 is 2.48 bits per heavy atom. The summed E-state index contributed by atoms with van der Waals surface area (Å²) in [4.78, 5) is 34.7. The summed E-state index contributed by atoms with van der Waals surface area (Å²) >= 11 is 0. The lowest BCUT2D eigenvalue weighted by Crippen LogP contribution is -2.59. The van der Waals surface area contributed by atoms with Gasteiger partial charge in [0.15, 0.2) is 5.58 Å². The number of hydrogen-bond donors (Lipinski definition) is 1. The predicted octanol–water partition coefficient (Wildman–Crippen LogP) is 0.485. The molecule has 0 radical (unpaired) electrons. The van der Waals surface area contributed by atoms with E-state index in [1.54, 1.807) is 12.4 Å². The number of fused-ring (bicyclic) bond motifs is 1. The summed E-state index contributed by atoms with van der Waals surface area (Å²) in [5.74, 6) is -0.979. The lowest BCUT2D eigenvalue weighted by molar-refractivity contribution is -0.139. The normalized spacial score (nSPS) is 18.3. The Kier molecular flexibility index (Phi) is 4.78. The molecule has 0 atom stereocenters. The Hall–Kier alpha value is -3.18. The van der Waals surface area contributed by atoms with Crippen molar-refractivity contribution in [3.05, 3.63) is 53.3 Å². The van der Waals surface area contributed by atoms with E-state index in [2.05, 4.69) is 14.9 Å². The molecule has 2 fully saturated rings. The lowest BCUT2D eigenvalue weighted by atomic mass is 10.0. The maximum absolute atomic E-state index is 12.9. The maximum atomic E-state index is 12.9. The van der Waals surface area contributed by atoms with E-state index in [9.17, 15) is 18.0 Å². The van der Waals surface area contributed by atoms with Crippen LogP contribution in [0, 0.1) is 5.92 Å². The van der Waals surface area contributed by atoms with Crippen LogP contribution in [0.5, 0.6) is 0 Å². The van der Waals surface area contributed by atoms with E-state index in [-0.39, 0.29) is 35.4 Å². The smallest absolute Gasteiger partial charge is 0.408 e. The quantitative estimate of drug-likeness (QED) is 0.623. The molecule has 0 saturated carbocycles. The van der Waals surface area contributed by atoms with Gasteiger partial charge in [-0.2, -0.15) is 4.31 Å². The van der Waals surface area contributed by atoms with Crippen LogP contribution in [-0.4, -0.2) is 72.8 Å². The molecule has 1 aromatic carbocycles. The van der Waals surface area contributed by atoms with Gasteiger partial charge in [-0.05, 0) is 24.3 Å². The molecule has 0 bridgehead atoms. The van der Waals surface area contributed by atoms with Gasteiger partial charge in [0.2, 0.25) is 15.9 Å². The van der Waals surface area contributed by atoms with Crippen molar-refractivity contribution >= 4 is 32.7 Å². The summed E-state index contributed by atoms with van der Waals surface area (Å²) in [6.07, 6.45) is 3.50. The minimum Gasteiger partial charge on any atom is -0.408 e. The lowest BCUT2D eigenvalue weighted by Gasteiger charge is -2.42. The van der Waals surface area contributed by atoms with Crippen molar-refractivity contribution in [1.82, 2.24) is 19.2 Å². The van der Waals surface area contributed by atoms with Crippen LogP contribution in [0.3, 0.4) is 0 Å². The molecule has 1 amide bonds. The van der Waals surface area contributed by atoms with E-state index in [0.717, 1.165) is 18.8 Å². The zero-order chi connectivity index (χ0) is 21.6. The van der Waals surface area contributed by atoms with E-state index in [1.807, 2.05) is 17.0 Å². The number of oxazole rings is 1. The Morgan fingerprint density at radius 2 is 1.77 bits per heavy atom. The summed E-state index contributed by atoms with van der Waals surface area (Å²) in [6, 6.07) is 8.15. The number of pyridine rings is 1. The second-order valence-electron chi connectivity index (χ2n) is 7.71. The zero-order valence-corrected chi connectivity index (χ0v) is 17.4. The van der Waals surface area contributed by atoms with E-state index in [4.69, 9.17) is 4.42 Å². The maximum Gasteiger partial charge on any atom is 0.417 e. The second kappa shape index (κ2) is 7.50. The third-order valence-electron chi connectivity index (χ3n) is 5.85. The molecule has 0 spiro atoms. The van der Waals surface area contributed by atoms with Gasteiger partial charge in [0.25, 0.3) is 0 Å². The van der Waals surface area contributed by atoms with Crippen molar-refractivity contribution in [3.63, 3.8) is 0 Å². The topological polar surface area (TPSA) is 120 Å². The number of sulfonamides is 1. The van der Waals surface area contributed by atoms with E-state index in [0.29, 0.717) is 18.6 Å². The molecule has 31 heavy (non-hydrogen) atoms. The largest absolute Gasteiger partial charge is 0.417 e. The van der Waals surface area contributed by atoms with Crippen molar-refractivity contribution in [2.75, 3.05) is 44.2 Å². The molecule has 0 unspecified atom stereocenters. The molecule has 4 heterocycles. The van der Waals surface area contributed by atoms with Crippen LogP contribution in [-0.2, 0) is 14.8 Å². The number of rotatable bonds is 4. The number of anilines is 1. The Morgan fingerprint density at radius 1 is 1.06 bits per heavy atom. The van der Waals surface area contributed by atoms with Gasteiger partial charge in [-0.15, -0.1) is 0 Å². The highest BCUT2D eigenvalue weighted by Crippen LogP contribution is 2.28. The van der Waals surface area contributed by atoms with Crippen molar-refractivity contribution in [2.24, 2.45) is 5.92 Å². The van der Waals surface area contributed by atoms with Crippen LogP contribution in [0.2, 0.25) is 0 Å². The number of hydrogen-bond acceptors (Lipinski definition) is 7. The van der Waals surface area contributed by atoms with Gasteiger partial charge < -0.3 is 14.2 Å². The molecule has 2 saturated heterocycles. The highest BCUT2D eigenvalue weighted by molar-refractivity contribution is 7.89. The summed E-state index contributed by atoms with van der Waals surface area (Å²) < 4.78 is 32.0. The molecule has 2 aliphatic heterocycles. The van der Waals surface area contributed by atoms with Gasteiger partial charge in [-0.25, -0.2) is 13.2 Å².